The van der Waals surface area contributed by atoms with Gasteiger partial charge in [-0.2, -0.15) is 0 Å². The van der Waals surface area contributed by atoms with Crippen molar-refractivity contribution in [3.05, 3.63) is 68.1 Å². The monoisotopic (exact) mass is 386 g/mol. The summed E-state index contributed by atoms with van der Waals surface area (Å²) >= 11 is 15.7. The van der Waals surface area contributed by atoms with Crippen LogP contribution in [0.1, 0.15) is 17.2 Å². The summed E-state index contributed by atoms with van der Waals surface area (Å²) in [5, 5.41) is 1.29. The van der Waals surface area contributed by atoms with E-state index in [1.54, 1.807) is 6.07 Å². The lowest BCUT2D eigenvalue weighted by atomic mass is 10.0. The summed E-state index contributed by atoms with van der Waals surface area (Å²) in [6, 6.07) is 13.8. The topological polar surface area (TPSA) is 29.3 Å². The third-order valence-electron chi connectivity index (χ3n) is 3.40. The van der Waals surface area contributed by atoms with Gasteiger partial charge in [-0.25, -0.2) is 0 Å². The lowest BCUT2D eigenvalue weighted by Crippen LogP contribution is -2.30. The lowest BCUT2D eigenvalue weighted by Gasteiger charge is -2.28. The molecule has 0 spiro atoms. The van der Waals surface area contributed by atoms with Crippen LogP contribution in [0.4, 0.5) is 0 Å². The van der Waals surface area contributed by atoms with E-state index >= 15 is 0 Å². The average molecular weight is 388 g/mol. The Bertz CT molecular complexity index is 619. The van der Waals surface area contributed by atoms with E-state index in [4.69, 9.17) is 28.9 Å². The first-order valence-corrected chi connectivity index (χ1v) is 8.16. The highest BCUT2D eigenvalue weighted by molar-refractivity contribution is 9.10. The van der Waals surface area contributed by atoms with Gasteiger partial charge in [-0.1, -0.05) is 57.3 Å². The molecule has 5 heteroatoms. The summed E-state index contributed by atoms with van der Waals surface area (Å²) < 4.78 is 1.07. The summed E-state index contributed by atoms with van der Waals surface area (Å²) in [4.78, 5) is 2.19. The molecule has 112 valence electrons. The van der Waals surface area contributed by atoms with Crippen LogP contribution in [0.2, 0.25) is 10.0 Å². The number of nitrogens with two attached hydrogens (primary N) is 1. The Kier molecular flexibility index (Phi) is 6.08. The fourth-order valence-electron chi connectivity index (χ4n) is 2.35. The lowest BCUT2D eigenvalue weighted by molar-refractivity contribution is 0.242. The van der Waals surface area contributed by atoms with Crippen molar-refractivity contribution < 1.29 is 0 Å². The van der Waals surface area contributed by atoms with E-state index in [0.717, 1.165) is 16.6 Å². The predicted octanol–water partition coefficient (Wildman–Crippen LogP) is 4.89. The van der Waals surface area contributed by atoms with Gasteiger partial charge in [0.1, 0.15) is 0 Å². The van der Waals surface area contributed by atoms with Gasteiger partial charge in [0.05, 0.1) is 0 Å². The van der Waals surface area contributed by atoms with Gasteiger partial charge in [-0.15, -0.1) is 0 Å². The van der Waals surface area contributed by atoms with Crippen molar-refractivity contribution in [1.82, 2.24) is 4.90 Å². The molecule has 2 nitrogen and oxygen atoms in total. The van der Waals surface area contributed by atoms with Gasteiger partial charge in [0.25, 0.3) is 0 Å². The molecule has 0 radical (unpaired) electrons. The van der Waals surface area contributed by atoms with E-state index in [1.165, 1.54) is 5.56 Å². The van der Waals surface area contributed by atoms with Crippen molar-refractivity contribution in [3.8, 4) is 0 Å². The summed E-state index contributed by atoms with van der Waals surface area (Å²) in [7, 11) is 2.05. The highest BCUT2D eigenvalue weighted by Gasteiger charge is 2.18. The summed E-state index contributed by atoms with van der Waals surface area (Å²) in [5.74, 6) is 0. The molecule has 0 saturated heterocycles. The second-order valence-corrected chi connectivity index (χ2v) is 6.72. The minimum atomic E-state index is 0.0498. The summed E-state index contributed by atoms with van der Waals surface area (Å²) in [6.07, 6.45) is 0. The minimum absolute atomic E-state index is 0.0498. The first-order chi connectivity index (χ1) is 10.0. The van der Waals surface area contributed by atoms with Crippen LogP contribution in [0, 0.1) is 0 Å². The molecule has 21 heavy (non-hydrogen) atoms. The van der Waals surface area contributed by atoms with Crippen molar-refractivity contribution in [2.45, 2.75) is 12.6 Å². The number of halogens is 3. The molecule has 1 atom stereocenters. The Morgan fingerprint density at radius 3 is 2.57 bits per heavy atom. The first kappa shape index (κ1) is 16.8. The number of likely N-dealkylation sites (N-methyl/N-ethyl adjacent to an activating group) is 1. The molecule has 2 aromatic rings. The fraction of sp³-hybridized carbons (Fsp3) is 0.250. The molecule has 0 aliphatic heterocycles. The molecule has 2 aromatic carbocycles. The molecular weight excluding hydrogens is 371 g/mol. The van der Waals surface area contributed by atoms with Crippen LogP contribution in [0.15, 0.2) is 46.9 Å². The minimum Gasteiger partial charge on any atom is -0.329 e. The second kappa shape index (κ2) is 7.61. The van der Waals surface area contributed by atoms with Gasteiger partial charge < -0.3 is 5.73 Å². The SMILES string of the molecule is CN(Cc1cccc(Br)c1)C(CN)c1ccc(Cl)cc1Cl. The Balaban J connectivity index is 2.20. The molecule has 0 fully saturated rings. The third kappa shape index (κ3) is 4.44. The molecule has 2 N–H and O–H groups in total. The van der Waals surface area contributed by atoms with E-state index in [-0.39, 0.29) is 6.04 Å². The molecule has 0 saturated carbocycles. The van der Waals surface area contributed by atoms with Gasteiger partial charge >= 0.3 is 0 Å². The highest BCUT2D eigenvalue weighted by atomic mass is 79.9. The first-order valence-electron chi connectivity index (χ1n) is 6.61. The zero-order chi connectivity index (χ0) is 15.4. The molecule has 0 amide bonds. The molecule has 2 rings (SSSR count). The zero-order valence-corrected chi connectivity index (χ0v) is 14.8. The third-order valence-corrected chi connectivity index (χ3v) is 4.45. The molecule has 0 aliphatic carbocycles. The van der Waals surface area contributed by atoms with E-state index in [2.05, 4.69) is 33.0 Å². The second-order valence-electron chi connectivity index (χ2n) is 4.96. The maximum Gasteiger partial charge on any atom is 0.0485 e. The van der Waals surface area contributed by atoms with Gasteiger partial charge in [0.15, 0.2) is 0 Å². The van der Waals surface area contributed by atoms with Gasteiger partial charge in [0.2, 0.25) is 0 Å². The number of rotatable bonds is 5. The number of hydrogen-bond acceptors (Lipinski definition) is 2. The van der Waals surface area contributed by atoms with Crippen molar-refractivity contribution in [1.29, 1.82) is 0 Å². The average Bonchev–Trinajstić information content (AvgIpc) is 2.42. The highest BCUT2D eigenvalue weighted by Crippen LogP contribution is 2.29. The van der Waals surface area contributed by atoms with Crippen LogP contribution in [0.5, 0.6) is 0 Å². The van der Waals surface area contributed by atoms with Crippen LogP contribution < -0.4 is 5.73 Å². The van der Waals surface area contributed by atoms with Crippen LogP contribution in [-0.2, 0) is 6.54 Å². The standard InChI is InChI=1S/C16H17BrCl2N2/c1-21(10-11-3-2-4-12(17)7-11)16(9-20)14-6-5-13(18)8-15(14)19/h2-8,16H,9-10,20H2,1H3. The predicted molar refractivity (Wildman–Crippen MR) is 93.9 cm³/mol. The van der Waals surface area contributed by atoms with Crippen molar-refractivity contribution >= 4 is 39.1 Å². The summed E-state index contributed by atoms with van der Waals surface area (Å²) in [6.45, 7) is 1.28. The van der Waals surface area contributed by atoms with Crippen LogP contribution in [-0.4, -0.2) is 18.5 Å². The van der Waals surface area contributed by atoms with Crippen LogP contribution in [0.25, 0.3) is 0 Å². The maximum atomic E-state index is 6.30. The van der Waals surface area contributed by atoms with Gasteiger partial charge in [-0.3, -0.25) is 4.90 Å². The van der Waals surface area contributed by atoms with E-state index < -0.39 is 0 Å². The molecule has 0 aromatic heterocycles. The molecular formula is C16H17BrCl2N2. The summed E-state index contributed by atoms with van der Waals surface area (Å²) in [5.41, 5.74) is 8.17. The smallest absolute Gasteiger partial charge is 0.0485 e. The Labute approximate surface area is 144 Å². The van der Waals surface area contributed by atoms with Crippen molar-refractivity contribution in [2.24, 2.45) is 5.73 Å². The van der Waals surface area contributed by atoms with Gasteiger partial charge in [0, 0.05) is 33.6 Å². The number of hydrogen-bond donors (Lipinski definition) is 1. The zero-order valence-electron chi connectivity index (χ0n) is 11.7. The largest absolute Gasteiger partial charge is 0.329 e. The van der Waals surface area contributed by atoms with Crippen LogP contribution in [0.3, 0.4) is 0 Å². The molecule has 0 heterocycles. The Morgan fingerprint density at radius 2 is 1.95 bits per heavy atom. The Morgan fingerprint density at radius 1 is 1.19 bits per heavy atom. The quantitative estimate of drug-likeness (QED) is 0.791. The van der Waals surface area contributed by atoms with Gasteiger partial charge in [-0.05, 0) is 42.4 Å². The number of nitrogens with zero attached hydrogens (tertiary/aromatic N) is 1. The van der Waals surface area contributed by atoms with E-state index in [1.807, 2.05) is 31.3 Å². The van der Waals surface area contributed by atoms with Crippen molar-refractivity contribution in [3.63, 3.8) is 0 Å². The molecule has 0 bridgehead atoms. The fourth-order valence-corrected chi connectivity index (χ4v) is 3.33. The molecule has 1 unspecified atom stereocenters. The van der Waals surface area contributed by atoms with Crippen LogP contribution >= 0.6 is 39.1 Å². The van der Waals surface area contributed by atoms with E-state index in [0.29, 0.717) is 16.6 Å². The van der Waals surface area contributed by atoms with E-state index in [9.17, 15) is 0 Å². The maximum absolute atomic E-state index is 6.30. The van der Waals surface area contributed by atoms with Crippen molar-refractivity contribution in [2.75, 3.05) is 13.6 Å². The molecule has 0 aliphatic rings. The Hall–Kier alpha value is -0.580. The number of benzene rings is 2. The normalized spacial score (nSPS) is 12.7.